The summed E-state index contributed by atoms with van der Waals surface area (Å²) in [5, 5.41) is 0. The molecule has 0 N–H and O–H groups in total. The van der Waals surface area contributed by atoms with Crippen molar-refractivity contribution in [3.63, 3.8) is 0 Å². The first-order valence-corrected chi connectivity index (χ1v) is 11.3. The lowest BCUT2D eigenvalue weighted by Crippen LogP contribution is -2.41. The van der Waals surface area contributed by atoms with Gasteiger partial charge in [-0.1, -0.05) is 51.9 Å². The molecule has 0 aromatic heterocycles. The highest BCUT2D eigenvalue weighted by molar-refractivity contribution is 5.95. The molecule has 4 nitrogen and oxygen atoms in total. The van der Waals surface area contributed by atoms with Gasteiger partial charge in [0.1, 0.15) is 5.56 Å². The van der Waals surface area contributed by atoms with Gasteiger partial charge in [-0.05, 0) is 19.3 Å². The van der Waals surface area contributed by atoms with Crippen LogP contribution in [0.15, 0.2) is 0 Å². The van der Waals surface area contributed by atoms with Gasteiger partial charge in [0.15, 0.2) is 23.3 Å². The Bertz CT molecular complexity index is 765. The topological polar surface area (TPSA) is 46.6 Å². The zero-order chi connectivity index (χ0) is 23.7. The second kappa shape index (κ2) is 12.7. The number of piperidine rings is 1. The van der Waals surface area contributed by atoms with Crippen molar-refractivity contribution in [1.82, 2.24) is 4.90 Å². The molecule has 9 heteroatoms. The van der Waals surface area contributed by atoms with Gasteiger partial charge in [0, 0.05) is 13.1 Å². The smallest absolute Gasteiger partial charge is 0.309 e. The van der Waals surface area contributed by atoms with Crippen LogP contribution in [0.5, 0.6) is 0 Å². The fourth-order valence-electron chi connectivity index (χ4n) is 3.80. The molecule has 1 fully saturated rings. The number of hydrogen-bond donors (Lipinski definition) is 0. The first kappa shape index (κ1) is 26.1. The number of amides is 1. The van der Waals surface area contributed by atoms with E-state index in [1.807, 2.05) is 0 Å². The average Bonchev–Trinajstić information content (AvgIpc) is 2.80. The summed E-state index contributed by atoms with van der Waals surface area (Å²) in [6.07, 6.45) is 9.33. The number of likely N-dealkylation sites (tertiary alicyclic amines) is 1. The number of ether oxygens (including phenoxy) is 1. The van der Waals surface area contributed by atoms with Crippen molar-refractivity contribution in [2.45, 2.75) is 71.1 Å². The van der Waals surface area contributed by atoms with Crippen LogP contribution in [0, 0.1) is 35.0 Å². The van der Waals surface area contributed by atoms with E-state index >= 15 is 0 Å². The van der Waals surface area contributed by atoms with Gasteiger partial charge in [-0.3, -0.25) is 9.59 Å². The molecule has 1 aliphatic heterocycles. The van der Waals surface area contributed by atoms with Gasteiger partial charge in [0.25, 0.3) is 5.91 Å². The Morgan fingerprint density at radius 2 is 1.25 bits per heavy atom. The van der Waals surface area contributed by atoms with E-state index in [1.54, 1.807) is 0 Å². The zero-order valence-electron chi connectivity index (χ0n) is 18.3. The molecule has 0 atom stereocenters. The Kier molecular flexibility index (Phi) is 10.4. The van der Waals surface area contributed by atoms with Crippen molar-refractivity contribution in [3.05, 3.63) is 34.6 Å². The lowest BCUT2D eigenvalue weighted by atomic mass is 9.96. The Hall–Kier alpha value is -2.19. The van der Waals surface area contributed by atoms with Crippen LogP contribution in [0.3, 0.4) is 0 Å². The number of unbranched alkanes of at least 4 members (excludes halogenated alkanes) is 7. The molecule has 1 amide bonds. The summed E-state index contributed by atoms with van der Waals surface area (Å²) in [6.45, 7) is 2.40. The molecule has 180 valence electrons. The van der Waals surface area contributed by atoms with Gasteiger partial charge in [-0.25, -0.2) is 22.0 Å². The quantitative estimate of drug-likeness (QED) is 0.135. The van der Waals surface area contributed by atoms with Crippen LogP contribution in [0.25, 0.3) is 0 Å². The number of carbonyl (C=O) groups is 2. The molecular formula is C23H30F5NO3. The van der Waals surface area contributed by atoms with Gasteiger partial charge in [-0.15, -0.1) is 0 Å². The summed E-state index contributed by atoms with van der Waals surface area (Å²) < 4.78 is 73.0. The predicted octanol–water partition coefficient (Wildman–Crippen LogP) is 5.92. The number of hydrogen-bond acceptors (Lipinski definition) is 3. The highest BCUT2D eigenvalue weighted by atomic mass is 19.2. The molecule has 1 saturated heterocycles. The third kappa shape index (κ3) is 6.65. The molecule has 1 heterocycles. The average molecular weight is 463 g/mol. The van der Waals surface area contributed by atoms with Gasteiger partial charge in [0.05, 0.1) is 12.5 Å². The van der Waals surface area contributed by atoms with Crippen LogP contribution in [0.2, 0.25) is 0 Å². The molecule has 32 heavy (non-hydrogen) atoms. The van der Waals surface area contributed by atoms with Gasteiger partial charge in [0.2, 0.25) is 5.82 Å². The fraction of sp³-hybridized carbons (Fsp3) is 0.652. The van der Waals surface area contributed by atoms with E-state index in [1.165, 1.54) is 32.1 Å². The third-order valence-electron chi connectivity index (χ3n) is 5.78. The van der Waals surface area contributed by atoms with E-state index in [-0.39, 0.29) is 25.9 Å². The van der Waals surface area contributed by atoms with Gasteiger partial charge >= 0.3 is 5.97 Å². The summed E-state index contributed by atoms with van der Waals surface area (Å²) in [6, 6.07) is 0. The number of halogens is 5. The van der Waals surface area contributed by atoms with E-state index in [0.29, 0.717) is 6.61 Å². The Labute approximate surface area is 185 Å². The van der Waals surface area contributed by atoms with E-state index in [0.717, 1.165) is 24.2 Å². The summed E-state index contributed by atoms with van der Waals surface area (Å²) in [5.41, 5.74) is -1.47. The van der Waals surface area contributed by atoms with Crippen molar-refractivity contribution in [2.75, 3.05) is 19.7 Å². The van der Waals surface area contributed by atoms with Crippen LogP contribution in [0.1, 0.15) is 81.5 Å². The molecule has 1 aliphatic rings. The standard InChI is InChI=1S/C23H30F5NO3/c1-2-3-4-5-6-7-8-9-14-32-23(31)15-10-12-29(13-11-15)22(30)16-17(24)19(26)21(28)20(27)18(16)25/h15H,2-14H2,1H3. The predicted molar refractivity (Wildman–Crippen MR) is 108 cm³/mol. The molecule has 0 spiro atoms. The Morgan fingerprint density at radius 3 is 1.78 bits per heavy atom. The van der Waals surface area contributed by atoms with Crippen molar-refractivity contribution in [2.24, 2.45) is 5.92 Å². The largest absolute Gasteiger partial charge is 0.465 e. The molecule has 0 bridgehead atoms. The molecule has 0 saturated carbocycles. The lowest BCUT2D eigenvalue weighted by Gasteiger charge is -2.31. The molecule has 2 rings (SSSR count). The minimum atomic E-state index is -2.31. The number of benzene rings is 1. The van der Waals surface area contributed by atoms with Crippen molar-refractivity contribution in [1.29, 1.82) is 0 Å². The van der Waals surface area contributed by atoms with Crippen LogP contribution in [-0.4, -0.2) is 36.5 Å². The number of esters is 1. The normalized spacial score (nSPS) is 14.6. The van der Waals surface area contributed by atoms with Crippen molar-refractivity contribution < 1.29 is 36.3 Å². The van der Waals surface area contributed by atoms with Crippen LogP contribution >= 0.6 is 0 Å². The molecule has 0 aliphatic carbocycles. The molecule has 1 aromatic carbocycles. The van der Waals surface area contributed by atoms with Crippen molar-refractivity contribution >= 4 is 11.9 Å². The maximum absolute atomic E-state index is 13.9. The van der Waals surface area contributed by atoms with E-state index in [2.05, 4.69) is 6.92 Å². The molecule has 0 radical (unpaired) electrons. The summed E-state index contributed by atoms with van der Waals surface area (Å²) in [4.78, 5) is 25.5. The van der Waals surface area contributed by atoms with Crippen molar-refractivity contribution in [3.8, 4) is 0 Å². The highest BCUT2D eigenvalue weighted by Gasteiger charge is 2.35. The zero-order valence-corrected chi connectivity index (χ0v) is 18.3. The van der Waals surface area contributed by atoms with Gasteiger partial charge in [-0.2, -0.15) is 0 Å². The molecule has 1 aromatic rings. The first-order chi connectivity index (χ1) is 15.3. The van der Waals surface area contributed by atoms with E-state index < -0.39 is 52.4 Å². The summed E-state index contributed by atoms with van der Waals surface area (Å²) in [5.74, 6) is -13.1. The van der Waals surface area contributed by atoms with E-state index in [4.69, 9.17) is 4.74 Å². The second-order valence-corrected chi connectivity index (χ2v) is 8.15. The van der Waals surface area contributed by atoms with E-state index in [9.17, 15) is 31.5 Å². The SMILES string of the molecule is CCCCCCCCCCOC(=O)C1CCN(C(=O)c2c(F)c(F)c(F)c(F)c2F)CC1. The minimum absolute atomic E-state index is 0.0458. The van der Waals surface area contributed by atoms with Crippen LogP contribution in [-0.2, 0) is 9.53 Å². The minimum Gasteiger partial charge on any atom is -0.465 e. The molecular weight excluding hydrogens is 433 g/mol. The third-order valence-corrected chi connectivity index (χ3v) is 5.78. The monoisotopic (exact) mass is 463 g/mol. The van der Waals surface area contributed by atoms with Crippen LogP contribution in [0.4, 0.5) is 22.0 Å². The molecule has 0 unspecified atom stereocenters. The highest BCUT2D eigenvalue weighted by Crippen LogP contribution is 2.26. The maximum atomic E-state index is 13.9. The second-order valence-electron chi connectivity index (χ2n) is 8.15. The lowest BCUT2D eigenvalue weighted by molar-refractivity contribution is -0.150. The summed E-state index contributed by atoms with van der Waals surface area (Å²) >= 11 is 0. The Morgan fingerprint density at radius 1 is 0.781 bits per heavy atom. The maximum Gasteiger partial charge on any atom is 0.309 e. The number of nitrogens with zero attached hydrogens (tertiary/aromatic N) is 1. The van der Waals surface area contributed by atoms with Gasteiger partial charge < -0.3 is 9.64 Å². The number of rotatable bonds is 11. The fourth-order valence-corrected chi connectivity index (χ4v) is 3.80. The first-order valence-electron chi connectivity index (χ1n) is 11.3. The Balaban J connectivity index is 1.75. The van der Waals surface area contributed by atoms with Crippen LogP contribution < -0.4 is 0 Å². The summed E-state index contributed by atoms with van der Waals surface area (Å²) in [7, 11) is 0. The number of carbonyl (C=O) groups excluding carboxylic acids is 2.